The van der Waals surface area contributed by atoms with Crippen LogP contribution in [-0.2, 0) is 13.1 Å². The van der Waals surface area contributed by atoms with E-state index in [-0.39, 0.29) is 6.61 Å². The minimum absolute atomic E-state index is 0.0415. The van der Waals surface area contributed by atoms with Crippen LogP contribution in [0.3, 0.4) is 0 Å². The van der Waals surface area contributed by atoms with Crippen molar-refractivity contribution in [2.45, 2.75) is 13.1 Å². The van der Waals surface area contributed by atoms with Crippen LogP contribution in [0.1, 0.15) is 5.56 Å². The SMILES string of the molecule is OCCn1cc(-c2cnc3ncn(Cc4ccc5ncccc5c4)c3n2)cn1. The first kappa shape index (κ1) is 16.5. The molecule has 28 heavy (non-hydrogen) atoms. The van der Waals surface area contributed by atoms with E-state index in [2.05, 4.69) is 38.2 Å². The summed E-state index contributed by atoms with van der Waals surface area (Å²) in [4.78, 5) is 17.9. The number of fused-ring (bicyclic) bond motifs is 2. The summed E-state index contributed by atoms with van der Waals surface area (Å²) in [5.74, 6) is 0. The van der Waals surface area contributed by atoms with Crippen molar-refractivity contribution in [1.29, 1.82) is 0 Å². The third-order valence-corrected chi connectivity index (χ3v) is 4.61. The number of imidazole rings is 1. The number of hydrogen-bond donors (Lipinski definition) is 1. The lowest BCUT2D eigenvalue weighted by atomic mass is 10.1. The van der Waals surface area contributed by atoms with Crippen molar-refractivity contribution in [1.82, 2.24) is 34.3 Å². The molecule has 0 saturated heterocycles. The molecule has 0 saturated carbocycles. The fraction of sp³-hybridized carbons (Fsp3) is 0.150. The summed E-state index contributed by atoms with van der Waals surface area (Å²) < 4.78 is 3.67. The van der Waals surface area contributed by atoms with Gasteiger partial charge in [-0.25, -0.2) is 15.0 Å². The topological polar surface area (TPSA) is 94.5 Å². The van der Waals surface area contributed by atoms with E-state index < -0.39 is 0 Å². The molecular formula is C20H17N7O. The second-order valence-electron chi connectivity index (χ2n) is 6.52. The zero-order chi connectivity index (χ0) is 18.9. The second kappa shape index (κ2) is 6.82. The average molecular weight is 371 g/mol. The Bertz CT molecular complexity index is 1270. The average Bonchev–Trinajstić information content (AvgIpc) is 3.35. The van der Waals surface area contributed by atoms with Gasteiger partial charge in [-0.2, -0.15) is 5.10 Å². The van der Waals surface area contributed by atoms with Gasteiger partial charge in [-0.05, 0) is 23.8 Å². The van der Waals surface area contributed by atoms with E-state index in [1.54, 1.807) is 29.6 Å². The predicted molar refractivity (Wildman–Crippen MR) is 104 cm³/mol. The Kier molecular flexibility index (Phi) is 4.02. The standard InChI is InChI=1S/C20H17N7O/c28-7-6-27-12-16(9-24-27)18-10-22-19-20(25-18)26(13-23-19)11-14-3-4-17-15(8-14)2-1-5-21-17/h1-5,8-10,12-13,28H,6-7,11H2. The summed E-state index contributed by atoms with van der Waals surface area (Å²) in [5.41, 5.74) is 5.02. The maximum Gasteiger partial charge on any atom is 0.197 e. The van der Waals surface area contributed by atoms with Crippen LogP contribution in [0.4, 0.5) is 0 Å². The van der Waals surface area contributed by atoms with Crippen molar-refractivity contribution in [3.63, 3.8) is 0 Å². The highest BCUT2D eigenvalue weighted by atomic mass is 16.3. The molecule has 4 heterocycles. The molecule has 1 aromatic carbocycles. The zero-order valence-electron chi connectivity index (χ0n) is 15.0. The predicted octanol–water partition coefficient (Wildman–Crippen LogP) is 2.28. The first-order chi connectivity index (χ1) is 13.8. The number of aromatic nitrogens is 7. The van der Waals surface area contributed by atoms with Crippen LogP contribution >= 0.6 is 0 Å². The summed E-state index contributed by atoms with van der Waals surface area (Å²) >= 11 is 0. The van der Waals surface area contributed by atoms with Crippen LogP contribution in [0.2, 0.25) is 0 Å². The monoisotopic (exact) mass is 371 g/mol. The highest BCUT2D eigenvalue weighted by Crippen LogP contribution is 2.20. The first-order valence-corrected chi connectivity index (χ1v) is 8.95. The van der Waals surface area contributed by atoms with Gasteiger partial charge in [0.05, 0.1) is 49.6 Å². The van der Waals surface area contributed by atoms with Gasteiger partial charge < -0.3 is 9.67 Å². The third-order valence-electron chi connectivity index (χ3n) is 4.61. The Morgan fingerprint density at radius 3 is 2.93 bits per heavy atom. The van der Waals surface area contributed by atoms with E-state index in [4.69, 9.17) is 10.1 Å². The van der Waals surface area contributed by atoms with E-state index >= 15 is 0 Å². The summed E-state index contributed by atoms with van der Waals surface area (Å²) in [6.07, 6.45) is 8.83. The number of pyridine rings is 1. The minimum atomic E-state index is 0.0415. The van der Waals surface area contributed by atoms with Crippen molar-refractivity contribution in [2.75, 3.05) is 6.61 Å². The molecule has 0 fully saturated rings. The molecule has 0 spiro atoms. The molecule has 4 aromatic heterocycles. The van der Waals surface area contributed by atoms with Crippen LogP contribution in [0, 0.1) is 0 Å². The molecule has 5 aromatic rings. The Hall–Kier alpha value is -3.65. The van der Waals surface area contributed by atoms with Gasteiger partial charge in [0.25, 0.3) is 0 Å². The first-order valence-electron chi connectivity index (χ1n) is 8.95. The van der Waals surface area contributed by atoms with Gasteiger partial charge in [-0.15, -0.1) is 0 Å². The lowest BCUT2D eigenvalue weighted by Gasteiger charge is -2.06. The van der Waals surface area contributed by atoms with Crippen molar-refractivity contribution in [2.24, 2.45) is 0 Å². The van der Waals surface area contributed by atoms with Crippen molar-refractivity contribution in [3.8, 4) is 11.3 Å². The Balaban J connectivity index is 1.50. The Morgan fingerprint density at radius 1 is 1.04 bits per heavy atom. The molecule has 8 heteroatoms. The van der Waals surface area contributed by atoms with Crippen LogP contribution in [0.15, 0.2) is 61.4 Å². The molecule has 138 valence electrons. The van der Waals surface area contributed by atoms with Crippen molar-refractivity contribution >= 4 is 22.2 Å². The van der Waals surface area contributed by atoms with Crippen LogP contribution in [0.5, 0.6) is 0 Å². The fourth-order valence-electron chi connectivity index (χ4n) is 3.23. The lowest BCUT2D eigenvalue weighted by Crippen LogP contribution is -2.01. The van der Waals surface area contributed by atoms with Crippen molar-refractivity contribution < 1.29 is 5.11 Å². The van der Waals surface area contributed by atoms with E-state index in [0.29, 0.717) is 18.7 Å². The molecule has 1 N–H and O–H groups in total. The van der Waals surface area contributed by atoms with Gasteiger partial charge >= 0.3 is 0 Å². The van der Waals surface area contributed by atoms with Gasteiger partial charge in [-0.1, -0.05) is 12.1 Å². The van der Waals surface area contributed by atoms with Gasteiger partial charge in [0, 0.05) is 23.3 Å². The summed E-state index contributed by atoms with van der Waals surface area (Å²) in [5, 5.41) is 14.4. The number of nitrogens with zero attached hydrogens (tertiary/aromatic N) is 7. The smallest absolute Gasteiger partial charge is 0.197 e. The molecule has 0 unspecified atom stereocenters. The summed E-state index contributed by atoms with van der Waals surface area (Å²) in [7, 11) is 0. The third kappa shape index (κ3) is 2.99. The quantitative estimate of drug-likeness (QED) is 0.509. The molecule has 0 aliphatic heterocycles. The summed E-state index contributed by atoms with van der Waals surface area (Å²) in [6.45, 7) is 1.13. The number of aliphatic hydroxyl groups is 1. The molecular weight excluding hydrogens is 354 g/mol. The van der Waals surface area contributed by atoms with Gasteiger partial charge in [-0.3, -0.25) is 9.67 Å². The van der Waals surface area contributed by atoms with Gasteiger partial charge in [0.2, 0.25) is 0 Å². The molecule has 8 nitrogen and oxygen atoms in total. The maximum atomic E-state index is 9.05. The van der Waals surface area contributed by atoms with Crippen LogP contribution in [0.25, 0.3) is 33.5 Å². The molecule has 0 bridgehead atoms. The van der Waals surface area contributed by atoms with E-state index in [1.165, 1.54) is 0 Å². The number of benzene rings is 1. The maximum absolute atomic E-state index is 9.05. The minimum Gasteiger partial charge on any atom is -0.394 e. The van der Waals surface area contributed by atoms with E-state index in [9.17, 15) is 0 Å². The summed E-state index contributed by atoms with van der Waals surface area (Å²) in [6, 6.07) is 10.2. The van der Waals surface area contributed by atoms with Gasteiger partial charge in [0.15, 0.2) is 11.3 Å². The normalized spacial score (nSPS) is 11.5. The van der Waals surface area contributed by atoms with E-state index in [0.717, 1.165) is 33.4 Å². The second-order valence-corrected chi connectivity index (χ2v) is 6.52. The van der Waals surface area contributed by atoms with Crippen LogP contribution in [-0.4, -0.2) is 46.0 Å². The number of hydrogen-bond acceptors (Lipinski definition) is 6. The van der Waals surface area contributed by atoms with Crippen molar-refractivity contribution in [3.05, 3.63) is 67.0 Å². The Labute approximate surface area is 160 Å². The molecule has 0 radical (unpaired) electrons. The number of rotatable bonds is 5. The molecule has 0 amide bonds. The van der Waals surface area contributed by atoms with Crippen LogP contribution < -0.4 is 0 Å². The largest absolute Gasteiger partial charge is 0.394 e. The Morgan fingerprint density at radius 2 is 2.00 bits per heavy atom. The fourth-order valence-corrected chi connectivity index (χ4v) is 3.23. The lowest BCUT2D eigenvalue weighted by molar-refractivity contribution is 0.269. The highest BCUT2D eigenvalue weighted by molar-refractivity contribution is 5.79. The molecule has 0 atom stereocenters. The van der Waals surface area contributed by atoms with Gasteiger partial charge in [0.1, 0.15) is 0 Å². The molecule has 0 aliphatic rings. The number of aliphatic hydroxyl groups excluding tert-OH is 1. The zero-order valence-corrected chi connectivity index (χ0v) is 15.0. The van der Waals surface area contributed by atoms with E-state index in [1.807, 2.05) is 22.9 Å². The molecule has 0 aliphatic carbocycles. The highest BCUT2D eigenvalue weighted by Gasteiger charge is 2.10. The molecule has 5 rings (SSSR count).